The fraction of sp³-hybridized carbons (Fsp3) is 0.500. The van der Waals surface area contributed by atoms with Gasteiger partial charge < -0.3 is 9.90 Å². The molecule has 0 saturated carbocycles. The van der Waals surface area contributed by atoms with E-state index in [4.69, 9.17) is 0 Å². The number of hydrogen-bond acceptors (Lipinski definition) is 2. The van der Waals surface area contributed by atoms with Crippen molar-refractivity contribution in [1.82, 2.24) is 0 Å². The van der Waals surface area contributed by atoms with Gasteiger partial charge in [-0.25, -0.2) is 0 Å². The zero-order valence-corrected chi connectivity index (χ0v) is 11.2. The van der Waals surface area contributed by atoms with Crippen molar-refractivity contribution in [2.75, 3.05) is 0 Å². The normalized spacial score (nSPS) is 12.0. The van der Waals surface area contributed by atoms with Gasteiger partial charge >= 0.3 is 18.9 Å². The van der Waals surface area contributed by atoms with Crippen molar-refractivity contribution in [2.45, 2.75) is 39.5 Å². The van der Waals surface area contributed by atoms with E-state index in [1.54, 1.807) is 0 Å². The van der Waals surface area contributed by atoms with Crippen LogP contribution in [0.4, 0.5) is 0 Å². The Bertz CT molecular complexity index is 344. The first-order chi connectivity index (χ1) is 7.54. The van der Waals surface area contributed by atoms with Gasteiger partial charge in [-0.15, -0.1) is 0 Å². The molecule has 0 aliphatic carbocycles. The maximum atomic E-state index is 10.9. The first kappa shape index (κ1) is 16.3. The van der Waals surface area contributed by atoms with Crippen LogP contribution in [0.3, 0.4) is 0 Å². The number of aliphatic carboxylic acids is 1. The van der Waals surface area contributed by atoms with E-state index in [-0.39, 0.29) is 18.9 Å². The van der Waals surface area contributed by atoms with Crippen LogP contribution in [0.2, 0.25) is 0 Å². The molecule has 0 heterocycles. The molecule has 0 saturated heterocycles. The van der Waals surface area contributed by atoms with E-state index in [0.29, 0.717) is 12.3 Å². The quantitative estimate of drug-likeness (QED) is 0.612. The van der Waals surface area contributed by atoms with Crippen molar-refractivity contribution in [1.29, 1.82) is 0 Å². The molecule has 88 valence electrons. The maximum Gasteiger partial charge on any atom is 1.00 e. The molecular weight excluding hydrogens is 207 g/mol. The molecule has 0 radical (unpaired) electrons. The van der Waals surface area contributed by atoms with Gasteiger partial charge in [0, 0.05) is 11.9 Å². The number of benzene rings is 1. The SMILES string of the molecule is CCC(C(=O)[O-])c1ccc(CC(C)C)cc1.[Li+]. The van der Waals surface area contributed by atoms with Crippen molar-refractivity contribution in [3.63, 3.8) is 0 Å². The molecule has 17 heavy (non-hydrogen) atoms. The van der Waals surface area contributed by atoms with Crippen molar-refractivity contribution in [2.24, 2.45) is 5.92 Å². The van der Waals surface area contributed by atoms with E-state index >= 15 is 0 Å². The van der Waals surface area contributed by atoms with Crippen LogP contribution in [0, 0.1) is 5.92 Å². The van der Waals surface area contributed by atoms with Gasteiger partial charge in [0.2, 0.25) is 0 Å². The van der Waals surface area contributed by atoms with Gasteiger partial charge in [-0.3, -0.25) is 0 Å². The predicted molar refractivity (Wildman–Crippen MR) is 63.0 cm³/mol. The molecule has 0 N–H and O–H groups in total. The van der Waals surface area contributed by atoms with Crippen LogP contribution < -0.4 is 24.0 Å². The molecule has 0 amide bonds. The van der Waals surface area contributed by atoms with E-state index in [1.165, 1.54) is 5.56 Å². The molecule has 2 nitrogen and oxygen atoms in total. The third-order valence-corrected chi connectivity index (χ3v) is 2.72. The summed E-state index contributed by atoms with van der Waals surface area (Å²) in [5.74, 6) is -0.846. The maximum absolute atomic E-state index is 10.9. The number of carbonyl (C=O) groups excluding carboxylic acids is 1. The van der Waals surface area contributed by atoms with Crippen molar-refractivity contribution in [3.05, 3.63) is 35.4 Å². The molecule has 1 atom stereocenters. The van der Waals surface area contributed by atoms with Gasteiger partial charge in [0.15, 0.2) is 0 Å². The zero-order valence-electron chi connectivity index (χ0n) is 11.2. The Labute approximate surface area is 116 Å². The van der Waals surface area contributed by atoms with Gasteiger partial charge in [-0.1, -0.05) is 45.0 Å². The number of carbonyl (C=O) groups is 1. The average Bonchev–Trinajstić information content (AvgIpc) is 2.20. The van der Waals surface area contributed by atoms with Crippen LogP contribution in [0.1, 0.15) is 44.2 Å². The molecular formula is C14H19LiO2. The fourth-order valence-electron chi connectivity index (χ4n) is 1.90. The molecule has 0 spiro atoms. The summed E-state index contributed by atoms with van der Waals surface area (Å²) in [5.41, 5.74) is 2.10. The Morgan fingerprint density at radius 1 is 1.24 bits per heavy atom. The first-order valence-electron chi connectivity index (χ1n) is 5.84. The van der Waals surface area contributed by atoms with Gasteiger partial charge in [0.25, 0.3) is 0 Å². The van der Waals surface area contributed by atoms with Crippen molar-refractivity contribution < 1.29 is 28.8 Å². The molecule has 1 aromatic rings. The zero-order chi connectivity index (χ0) is 12.1. The molecule has 0 bridgehead atoms. The second-order valence-electron chi connectivity index (χ2n) is 4.62. The van der Waals surface area contributed by atoms with Gasteiger partial charge in [-0.05, 0) is 29.9 Å². The number of rotatable bonds is 5. The molecule has 3 heteroatoms. The van der Waals surface area contributed by atoms with E-state index < -0.39 is 11.9 Å². The topological polar surface area (TPSA) is 40.1 Å². The summed E-state index contributed by atoms with van der Waals surface area (Å²) in [6.45, 7) is 6.20. The minimum absolute atomic E-state index is 0. The second-order valence-corrected chi connectivity index (χ2v) is 4.62. The Morgan fingerprint density at radius 2 is 1.76 bits per heavy atom. The summed E-state index contributed by atoms with van der Waals surface area (Å²) >= 11 is 0. The predicted octanol–water partition coefficient (Wildman–Crippen LogP) is -0.867. The summed E-state index contributed by atoms with van der Waals surface area (Å²) in [4.78, 5) is 10.9. The summed E-state index contributed by atoms with van der Waals surface area (Å²) in [7, 11) is 0. The number of hydrogen-bond donors (Lipinski definition) is 0. The van der Waals surface area contributed by atoms with Crippen LogP contribution in [0.25, 0.3) is 0 Å². The molecule has 1 aromatic carbocycles. The van der Waals surface area contributed by atoms with E-state index in [2.05, 4.69) is 13.8 Å². The number of carboxylic acid groups (broad SMARTS) is 1. The second kappa shape index (κ2) is 7.58. The molecule has 0 aliphatic heterocycles. The van der Waals surface area contributed by atoms with E-state index in [0.717, 1.165) is 12.0 Å². The van der Waals surface area contributed by atoms with Crippen molar-refractivity contribution in [3.8, 4) is 0 Å². The third kappa shape index (κ3) is 4.98. The Balaban J connectivity index is 0.00000256. The largest absolute Gasteiger partial charge is 1.00 e. The van der Waals surface area contributed by atoms with Crippen molar-refractivity contribution >= 4 is 5.97 Å². The summed E-state index contributed by atoms with van der Waals surface area (Å²) < 4.78 is 0. The molecule has 1 unspecified atom stereocenters. The molecule has 1 rings (SSSR count). The van der Waals surface area contributed by atoms with Crippen LogP contribution in [0.5, 0.6) is 0 Å². The standard InChI is InChI=1S/C14H20O2.Li/c1-4-13(14(15)16)12-7-5-11(6-8-12)9-10(2)3;/h5-8,10,13H,4,9H2,1-3H3,(H,15,16);/q;+1/p-1. The van der Waals surface area contributed by atoms with Gasteiger partial charge in [0.1, 0.15) is 0 Å². The van der Waals surface area contributed by atoms with Crippen LogP contribution in [-0.2, 0) is 11.2 Å². The van der Waals surface area contributed by atoms with Crippen LogP contribution in [-0.4, -0.2) is 5.97 Å². The minimum Gasteiger partial charge on any atom is -0.549 e. The fourth-order valence-corrected chi connectivity index (χ4v) is 1.90. The smallest absolute Gasteiger partial charge is 0.549 e. The van der Waals surface area contributed by atoms with E-state index in [9.17, 15) is 9.90 Å². The Morgan fingerprint density at radius 3 is 2.12 bits per heavy atom. The minimum atomic E-state index is -0.987. The third-order valence-electron chi connectivity index (χ3n) is 2.72. The van der Waals surface area contributed by atoms with Crippen LogP contribution in [0.15, 0.2) is 24.3 Å². The Hall–Kier alpha value is -0.713. The summed E-state index contributed by atoms with van der Waals surface area (Å²) in [6, 6.07) is 7.84. The monoisotopic (exact) mass is 226 g/mol. The first-order valence-corrected chi connectivity index (χ1v) is 5.84. The molecule has 0 aromatic heterocycles. The molecule has 0 fully saturated rings. The van der Waals surface area contributed by atoms with Crippen LogP contribution >= 0.6 is 0 Å². The average molecular weight is 226 g/mol. The van der Waals surface area contributed by atoms with Gasteiger partial charge in [0.05, 0.1) is 0 Å². The van der Waals surface area contributed by atoms with Gasteiger partial charge in [-0.2, -0.15) is 0 Å². The summed E-state index contributed by atoms with van der Waals surface area (Å²) in [5, 5.41) is 10.9. The summed E-state index contributed by atoms with van der Waals surface area (Å²) in [6.07, 6.45) is 1.61. The van der Waals surface area contributed by atoms with E-state index in [1.807, 2.05) is 31.2 Å². The molecule has 0 aliphatic rings. The Kier molecular flexibility index (Phi) is 7.26. The number of carboxylic acids is 1.